The van der Waals surface area contributed by atoms with Gasteiger partial charge >= 0.3 is 6.09 Å². The molecule has 0 atom stereocenters. The normalized spacial score (nSPS) is 11.6. The summed E-state index contributed by atoms with van der Waals surface area (Å²) in [6.45, 7) is 9.63. The van der Waals surface area contributed by atoms with E-state index in [9.17, 15) is 4.79 Å². The zero-order valence-electron chi connectivity index (χ0n) is 18.2. The van der Waals surface area contributed by atoms with Crippen LogP contribution in [-0.2, 0) is 11.2 Å². The average Bonchev–Trinajstić information content (AvgIpc) is 3.27. The Bertz CT molecular complexity index is 814. The van der Waals surface area contributed by atoms with Crippen molar-refractivity contribution in [3.63, 3.8) is 0 Å². The number of rotatable bonds is 8. The first-order chi connectivity index (χ1) is 13.8. The molecule has 1 amide bonds. The standard InChI is InChI=1S/C20H31N5O2S2.HI/c1-14-25-16(13-28-14)17-8-7-15(29-17)9-12-23-18(21-5)22-10-6-11-24-19(26)27-20(2,3)4;/h7-8,13H,6,9-12H2,1-5H3,(H,24,26)(H2,21,22,23);1H. The lowest BCUT2D eigenvalue weighted by Gasteiger charge is -2.19. The minimum atomic E-state index is -0.475. The van der Waals surface area contributed by atoms with Crippen LogP contribution in [0.4, 0.5) is 4.79 Å². The smallest absolute Gasteiger partial charge is 0.407 e. The molecule has 0 aliphatic carbocycles. The van der Waals surface area contributed by atoms with E-state index in [-0.39, 0.29) is 30.1 Å². The van der Waals surface area contributed by atoms with Crippen LogP contribution in [0.2, 0.25) is 0 Å². The summed E-state index contributed by atoms with van der Waals surface area (Å²) in [5.74, 6) is 0.758. The number of ether oxygens (including phenoxy) is 1. The Morgan fingerprint density at radius 2 is 1.87 bits per heavy atom. The minimum absolute atomic E-state index is 0. The Hall–Kier alpha value is -1.40. The van der Waals surface area contributed by atoms with E-state index in [0.29, 0.717) is 13.1 Å². The van der Waals surface area contributed by atoms with Crippen LogP contribution in [0.1, 0.15) is 37.1 Å². The summed E-state index contributed by atoms with van der Waals surface area (Å²) in [7, 11) is 1.75. The Kier molecular flexibility index (Phi) is 11.6. The number of thiophene rings is 1. The van der Waals surface area contributed by atoms with E-state index in [1.807, 2.05) is 27.7 Å². The summed E-state index contributed by atoms with van der Waals surface area (Å²) < 4.78 is 5.20. The number of aliphatic imine (C=N–C) groups is 1. The molecule has 0 aliphatic rings. The van der Waals surface area contributed by atoms with Crippen LogP contribution >= 0.6 is 46.7 Å². The Labute approximate surface area is 204 Å². The molecule has 10 heteroatoms. The predicted octanol–water partition coefficient (Wildman–Crippen LogP) is 4.42. The molecular weight excluding hydrogens is 533 g/mol. The third kappa shape index (κ3) is 10.1. The second kappa shape index (κ2) is 13.1. The average molecular weight is 566 g/mol. The van der Waals surface area contributed by atoms with Crippen molar-refractivity contribution in [1.82, 2.24) is 20.9 Å². The first kappa shape index (κ1) is 26.6. The van der Waals surface area contributed by atoms with Gasteiger partial charge in [0.2, 0.25) is 0 Å². The van der Waals surface area contributed by atoms with Crippen molar-refractivity contribution in [3.05, 3.63) is 27.4 Å². The number of hydrogen-bond donors (Lipinski definition) is 3. The van der Waals surface area contributed by atoms with Crippen LogP contribution in [0.25, 0.3) is 10.6 Å². The zero-order chi connectivity index (χ0) is 21.3. The Morgan fingerprint density at radius 3 is 2.50 bits per heavy atom. The van der Waals surface area contributed by atoms with E-state index in [4.69, 9.17) is 4.74 Å². The van der Waals surface area contributed by atoms with E-state index in [1.54, 1.807) is 29.7 Å². The van der Waals surface area contributed by atoms with Gasteiger partial charge in [0.1, 0.15) is 5.60 Å². The molecule has 3 N–H and O–H groups in total. The molecule has 0 saturated heterocycles. The van der Waals surface area contributed by atoms with Gasteiger partial charge in [-0.3, -0.25) is 4.99 Å². The number of nitrogens with zero attached hydrogens (tertiary/aromatic N) is 2. The number of halogens is 1. The number of aryl methyl sites for hydroxylation is 1. The third-order valence-electron chi connectivity index (χ3n) is 3.73. The second-order valence-electron chi connectivity index (χ2n) is 7.48. The topological polar surface area (TPSA) is 87.6 Å². The number of amides is 1. The van der Waals surface area contributed by atoms with Gasteiger partial charge in [0, 0.05) is 36.9 Å². The number of alkyl carbamates (subject to hydrolysis) is 1. The minimum Gasteiger partial charge on any atom is -0.444 e. The van der Waals surface area contributed by atoms with Gasteiger partial charge in [-0.05, 0) is 52.7 Å². The molecule has 2 aromatic rings. The van der Waals surface area contributed by atoms with Crippen molar-refractivity contribution < 1.29 is 9.53 Å². The zero-order valence-corrected chi connectivity index (χ0v) is 22.2. The number of hydrogen-bond acceptors (Lipinski definition) is 6. The lowest BCUT2D eigenvalue weighted by molar-refractivity contribution is 0.0527. The van der Waals surface area contributed by atoms with Crippen molar-refractivity contribution in [3.8, 4) is 10.6 Å². The quantitative estimate of drug-likeness (QED) is 0.191. The van der Waals surface area contributed by atoms with Crippen LogP contribution in [0.5, 0.6) is 0 Å². The molecule has 0 radical (unpaired) electrons. The Balaban J connectivity index is 0.00000450. The number of aromatic nitrogens is 1. The summed E-state index contributed by atoms with van der Waals surface area (Å²) >= 11 is 3.46. The van der Waals surface area contributed by atoms with Crippen molar-refractivity contribution in [2.45, 2.75) is 46.1 Å². The number of nitrogens with one attached hydrogen (secondary N) is 3. The molecule has 7 nitrogen and oxygen atoms in total. The van der Waals surface area contributed by atoms with Crippen molar-refractivity contribution in [2.75, 3.05) is 26.7 Å². The van der Waals surface area contributed by atoms with E-state index in [2.05, 4.69) is 43.4 Å². The molecule has 0 aromatic carbocycles. The summed E-state index contributed by atoms with van der Waals surface area (Å²) in [4.78, 5) is 22.9. The first-order valence-corrected chi connectivity index (χ1v) is 11.4. The maximum atomic E-state index is 11.6. The lowest BCUT2D eigenvalue weighted by atomic mass is 10.2. The predicted molar refractivity (Wildman–Crippen MR) is 138 cm³/mol. The molecule has 0 fully saturated rings. The largest absolute Gasteiger partial charge is 0.444 e. The molecule has 0 bridgehead atoms. The highest BCUT2D eigenvalue weighted by Gasteiger charge is 2.15. The molecule has 2 heterocycles. The highest BCUT2D eigenvalue weighted by Crippen LogP contribution is 2.29. The third-order valence-corrected chi connectivity index (χ3v) is 5.68. The van der Waals surface area contributed by atoms with Crippen LogP contribution < -0.4 is 16.0 Å². The fourth-order valence-electron chi connectivity index (χ4n) is 2.45. The molecule has 168 valence electrons. The molecule has 0 saturated carbocycles. The van der Waals surface area contributed by atoms with Gasteiger partial charge in [-0.15, -0.1) is 46.7 Å². The van der Waals surface area contributed by atoms with E-state index in [1.165, 1.54) is 9.75 Å². The Morgan fingerprint density at radius 1 is 1.17 bits per heavy atom. The van der Waals surface area contributed by atoms with Gasteiger partial charge in [-0.2, -0.15) is 0 Å². The molecule has 0 unspecified atom stereocenters. The van der Waals surface area contributed by atoms with E-state index < -0.39 is 5.60 Å². The monoisotopic (exact) mass is 565 g/mol. The lowest BCUT2D eigenvalue weighted by Crippen LogP contribution is -2.40. The van der Waals surface area contributed by atoms with Gasteiger partial charge in [-0.25, -0.2) is 9.78 Å². The van der Waals surface area contributed by atoms with Crippen LogP contribution in [0, 0.1) is 6.92 Å². The van der Waals surface area contributed by atoms with Crippen LogP contribution in [0.3, 0.4) is 0 Å². The fourth-order valence-corrected chi connectivity index (χ4v) is 4.11. The van der Waals surface area contributed by atoms with Crippen LogP contribution in [-0.4, -0.2) is 49.3 Å². The number of carbonyl (C=O) groups excluding carboxylic acids is 1. The fraction of sp³-hybridized carbons (Fsp3) is 0.550. The van der Waals surface area contributed by atoms with Crippen molar-refractivity contribution in [1.29, 1.82) is 0 Å². The summed E-state index contributed by atoms with van der Waals surface area (Å²) in [6, 6.07) is 4.30. The number of thiazole rings is 1. The molecule has 30 heavy (non-hydrogen) atoms. The maximum Gasteiger partial charge on any atom is 0.407 e. The molecule has 0 aliphatic heterocycles. The van der Waals surface area contributed by atoms with E-state index in [0.717, 1.165) is 36.0 Å². The second-order valence-corrected chi connectivity index (χ2v) is 9.71. The van der Waals surface area contributed by atoms with E-state index >= 15 is 0 Å². The summed E-state index contributed by atoms with van der Waals surface area (Å²) in [5, 5.41) is 12.5. The highest BCUT2D eigenvalue weighted by molar-refractivity contribution is 14.0. The van der Waals surface area contributed by atoms with Gasteiger partial charge in [0.15, 0.2) is 5.96 Å². The van der Waals surface area contributed by atoms with Gasteiger partial charge < -0.3 is 20.7 Å². The van der Waals surface area contributed by atoms with Crippen LogP contribution in [0.15, 0.2) is 22.5 Å². The van der Waals surface area contributed by atoms with Gasteiger partial charge in [0.05, 0.1) is 15.6 Å². The molecular formula is C20H32IN5O2S2. The number of guanidine groups is 1. The van der Waals surface area contributed by atoms with Crippen molar-refractivity contribution in [2.24, 2.45) is 4.99 Å². The van der Waals surface area contributed by atoms with Gasteiger partial charge in [0.25, 0.3) is 0 Å². The summed E-state index contributed by atoms with van der Waals surface area (Å²) in [6.07, 6.45) is 1.32. The van der Waals surface area contributed by atoms with Gasteiger partial charge in [-0.1, -0.05) is 0 Å². The molecule has 2 aromatic heterocycles. The SMILES string of the molecule is CN=C(NCCCNC(=O)OC(C)(C)C)NCCc1ccc(-c2csc(C)n2)s1.I. The maximum absolute atomic E-state index is 11.6. The molecule has 0 spiro atoms. The van der Waals surface area contributed by atoms with Crippen molar-refractivity contribution >= 4 is 58.7 Å². The highest BCUT2D eigenvalue weighted by atomic mass is 127. The number of carbonyl (C=O) groups is 1. The summed E-state index contributed by atoms with van der Waals surface area (Å²) in [5.41, 5.74) is 0.589. The first-order valence-electron chi connectivity index (χ1n) is 9.69. The molecule has 2 rings (SSSR count).